The summed E-state index contributed by atoms with van der Waals surface area (Å²) in [6.45, 7) is 12.4. The number of nitrogens with one attached hydrogen (secondary N) is 2. The van der Waals surface area contributed by atoms with E-state index in [9.17, 15) is 24.0 Å². The maximum atomic E-state index is 14.6. The van der Waals surface area contributed by atoms with E-state index in [0.717, 1.165) is 24.0 Å². The Hall–Kier alpha value is -4.41. The fraction of sp³-hybridized carbons (Fsp3) is 0.541. The quantitative estimate of drug-likeness (QED) is 0.243. The van der Waals surface area contributed by atoms with E-state index in [1.807, 2.05) is 49.4 Å². The van der Waals surface area contributed by atoms with Crippen LogP contribution in [0.2, 0.25) is 0 Å². The minimum atomic E-state index is -1.20. The molecule has 11 heteroatoms. The number of aryl methyl sites for hydroxylation is 1. The van der Waals surface area contributed by atoms with Gasteiger partial charge in [0.15, 0.2) is 0 Å². The van der Waals surface area contributed by atoms with E-state index in [4.69, 9.17) is 15.2 Å². The fourth-order valence-electron chi connectivity index (χ4n) is 5.40. The van der Waals surface area contributed by atoms with E-state index in [2.05, 4.69) is 10.6 Å². The predicted molar refractivity (Wildman–Crippen MR) is 183 cm³/mol. The molecule has 262 valence electrons. The van der Waals surface area contributed by atoms with Crippen molar-refractivity contribution in [2.75, 3.05) is 0 Å². The van der Waals surface area contributed by atoms with Crippen molar-refractivity contribution < 1.29 is 33.4 Å². The van der Waals surface area contributed by atoms with Crippen LogP contribution in [0.5, 0.6) is 0 Å². The molecule has 2 aromatic carbocycles. The molecule has 0 saturated heterocycles. The number of benzene rings is 2. The number of carbonyl (C=O) groups is 5. The van der Waals surface area contributed by atoms with Crippen molar-refractivity contribution in [3.05, 3.63) is 71.3 Å². The number of esters is 1. The molecule has 4 N–H and O–H groups in total. The Morgan fingerprint density at radius 3 is 1.94 bits per heavy atom. The average molecular weight is 665 g/mol. The second kappa shape index (κ2) is 16.6. The summed E-state index contributed by atoms with van der Waals surface area (Å²) >= 11 is 0. The number of primary amides is 1. The van der Waals surface area contributed by atoms with Crippen molar-refractivity contribution in [2.45, 2.75) is 129 Å². The summed E-state index contributed by atoms with van der Waals surface area (Å²) in [6, 6.07) is 13.0. The minimum Gasteiger partial charge on any atom is -0.458 e. The number of nitrogens with zero attached hydrogens (tertiary/aromatic N) is 1. The van der Waals surface area contributed by atoms with Gasteiger partial charge in [0.25, 0.3) is 0 Å². The number of nitrogens with two attached hydrogens (primary N) is 1. The van der Waals surface area contributed by atoms with Crippen LogP contribution < -0.4 is 16.4 Å². The van der Waals surface area contributed by atoms with E-state index in [1.54, 1.807) is 53.7 Å². The highest BCUT2D eigenvalue weighted by atomic mass is 16.6. The van der Waals surface area contributed by atoms with Gasteiger partial charge >= 0.3 is 12.1 Å². The molecule has 1 aliphatic carbocycles. The number of hydrogen-bond donors (Lipinski definition) is 3. The lowest BCUT2D eigenvalue weighted by Crippen LogP contribution is -2.58. The van der Waals surface area contributed by atoms with E-state index < -0.39 is 59.1 Å². The molecule has 1 fully saturated rings. The van der Waals surface area contributed by atoms with Gasteiger partial charge in [-0.2, -0.15) is 0 Å². The van der Waals surface area contributed by atoms with Crippen LogP contribution in [0.4, 0.5) is 4.79 Å². The highest BCUT2D eigenvalue weighted by Gasteiger charge is 2.43. The standard InChI is InChI=1S/C37H52N4O7/c1-8-24-17-19-26(20-18-24)31(32(43)39-29(34(45)47-36(2,3)4)23-25-13-10-9-11-14-25)41(27-15-12-16-27)33(44)28(21-22-30(38)42)40-35(46)48-37(5,6)7/h9-11,13-14,17-20,27-29,31H,8,12,15-16,21-23H2,1-7H3,(H2,38,42)(H,39,43)(H,40,46). The molecule has 0 heterocycles. The topological polar surface area (TPSA) is 157 Å². The zero-order valence-corrected chi connectivity index (χ0v) is 29.3. The van der Waals surface area contributed by atoms with Gasteiger partial charge in [-0.15, -0.1) is 0 Å². The van der Waals surface area contributed by atoms with Crippen LogP contribution in [0, 0.1) is 0 Å². The first kappa shape index (κ1) is 38.0. The van der Waals surface area contributed by atoms with Crippen molar-refractivity contribution in [1.82, 2.24) is 15.5 Å². The zero-order valence-electron chi connectivity index (χ0n) is 29.3. The maximum absolute atomic E-state index is 14.6. The second-order valence-electron chi connectivity index (χ2n) is 14.3. The normalized spacial score (nSPS) is 15.2. The lowest BCUT2D eigenvalue weighted by molar-refractivity contribution is -0.159. The first-order chi connectivity index (χ1) is 22.5. The number of carbonyl (C=O) groups excluding carboxylic acids is 5. The Morgan fingerprint density at radius 2 is 1.44 bits per heavy atom. The SMILES string of the molecule is CCc1ccc(C(C(=O)NC(Cc2ccccc2)C(=O)OC(C)(C)C)N(C(=O)C(CCC(N)=O)NC(=O)OC(C)(C)C)C2CCC2)cc1. The number of rotatable bonds is 14. The van der Waals surface area contributed by atoms with Gasteiger partial charge in [-0.1, -0.05) is 61.5 Å². The molecular formula is C37H52N4O7. The molecule has 1 aliphatic rings. The van der Waals surface area contributed by atoms with Crippen molar-refractivity contribution in [3.63, 3.8) is 0 Å². The molecule has 3 atom stereocenters. The van der Waals surface area contributed by atoms with Crippen LogP contribution in [-0.4, -0.2) is 64.0 Å². The van der Waals surface area contributed by atoms with Crippen LogP contribution >= 0.6 is 0 Å². The number of hydrogen-bond acceptors (Lipinski definition) is 7. The van der Waals surface area contributed by atoms with E-state index in [0.29, 0.717) is 18.4 Å². The molecule has 0 spiro atoms. The highest BCUT2D eigenvalue weighted by molar-refractivity contribution is 5.94. The molecule has 3 unspecified atom stereocenters. The Balaban J connectivity index is 2.08. The third kappa shape index (κ3) is 11.7. The van der Waals surface area contributed by atoms with E-state index in [1.165, 1.54) is 4.90 Å². The molecule has 11 nitrogen and oxygen atoms in total. The van der Waals surface area contributed by atoms with Gasteiger partial charge in [0, 0.05) is 18.9 Å². The summed E-state index contributed by atoms with van der Waals surface area (Å²) in [5.41, 5.74) is 6.20. The van der Waals surface area contributed by atoms with Gasteiger partial charge in [-0.25, -0.2) is 9.59 Å². The zero-order chi connectivity index (χ0) is 35.6. The van der Waals surface area contributed by atoms with Crippen molar-refractivity contribution in [1.29, 1.82) is 0 Å². The third-order valence-corrected chi connectivity index (χ3v) is 7.91. The Kier molecular flexibility index (Phi) is 13.2. The molecule has 0 bridgehead atoms. The first-order valence-electron chi connectivity index (χ1n) is 16.7. The van der Waals surface area contributed by atoms with Crippen LogP contribution in [0.3, 0.4) is 0 Å². The molecular weight excluding hydrogens is 612 g/mol. The summed E-state index contributed by atoms with van der Waals surface area (Å²) < 4.78 is 11.1. The summed E-state index contributed by atoms with van der Waals surface area (Å²) in [6.07, 6.45) is 1.96. The Morgan fingerprint density at radius 1 is 0.833 bits per heavy atom. The van der Waals surface area contributed by atoms with Crippen molar-refractivity contribution >= 4 is 29.8 Å². The van der Waals surface area contributed by atoms with Gasteiger partial charge in [0.2, 0.25) is 17.7 Å². The van der Waals surface area contributed by atoms with Crippen LogP contribution in [0.25, 0.3) is 0 Å². The summed E-state index contributed by atoms with van der Waals surface area (Å²) in [7, 11) is 0. The summed E-state index contributed by atoms with van der Waals surface area (Å²) in [5, 5.41) is 5.55. The van der Waals surface area contributed by atoms with Gasteiger partial charge < -0.3 is 30.7 Å². The highest BCUT2D eigenvalue weighted by Crippen LogP contribution is 2.34. The predicted octanol–water partition coefficient (Wildman–Crippen LogP) is 4.90. The lowest BCUT2D eigenvalue weighted by atomic mass is 9.87. The third-order valence-electron chi connectivity index (χ3n) is 7.91. The minimum absolute atomic E-state index is 0.0890. The maximum Gasteiger partial charge on any atom is 0.408 e. The monoisotopic (exact) mass is 664 g/mol. The average Bonchev–Trinajstić information content (AvgIpc) is 2.96. The van der Waals surface area contributed by atoms with Gasteiger partial charge in [-0.05, 0) is 90.3 Å². The smallest absolute Gasteiger partial charge is 0.408 e. The fourth-order valence-corrected chi connectivity index (χ4v) is 5.40. The molecule has 3 rings (SSSR count). The molecule has 48 heavy (non-hydrogen) atoms. The Bertz CT molecular complexity index is 1410. The molecule has 4 amide bonds. The molecule has 0 radical (unpaired) electrons. The lowest BCUT2D eigenvalue weighted by Gasteiger charge is -2.44. The Labute approximate surface area is 284 Å². The molecule has 1 saturated carbocycles. The summed E-state index contributed by atoms with van der Waals surface area (Å²) in [4.78, 5) is 68.8. The molecule has 0 aliphatic heterocycles. The van der Waals surface area contributed by atoms with Crippen molar-refractivity contribution in [2.24, 2.45) is 5.73 Å². The van der Waals surface area contributed by atoms with Crippen LogP contribution in [0.1, 0.15) is 103 Å². The second-order valence-corrected chi connectivity index (χ2v) is 14.3. The van der Waals surface area contributed by atoms with Gasteiger partial charge in [-0.3, -0.25) is 14.4 Å². The number of alkyl carbamates (subject to hydrolysis) is 1. The van der Waals surface area contributed by atoms with E-state index >= 15 is 0 Å². The summed E-state index contributed by atoms with van der Waals surface area (Å²) in [5.74, 6) is -2.37. The molecule has 2 aromatic rings. The van der Waals surface area contributed by atoms with Gasteiger partial charge in [0.1, 0.15) is 29.3 Å². The molecule has 0 aromatic heterocycles. The number of amides is 4. The van der Waals surface area contributed by atoms with Crippen LogP contribution in [0.15, 0.2) is 54.6 Å². The number of ether oxygens (including phenoxy) is 2. The largest absolute Gasteiger partial charge is 0.458 e. The first-order valence-corrected chi connectivity index (χ1v) is 16.7. The van der Waals surface area contributed by atoms with Gasteiger partial charge in [0.05, 0.1) is 0 Å². The van der Waals surface area contributed by atoms with E-state index in [-0.39, 0.29) is 25.3 Å². The van der Waals surface area contributed by atoms with Crippen LogP contribution in [-0.2, 0) is 41.5 Å². The van der Waals surface area contributed by atoms with Crippen molar-refractivity contribution in [3.8, 4) is 0 Å².